The Morgan fingerprint density at radius 2 is 1.66 bits per heavy atom. The maximum Gasteiger partial charge on any atom is 0.243 e. The number of thiazole rings is 1. The molecule has 2 amide bonds. The van der Waals surface area contributed by atoms with Gasteiger partial charge in [0.15, 0.2) is 17.4 Å². The smallest absolute Gasteiger partial charge is 0.243 e. The highest BCUT2D eigenvalue weighted by Gasteiger charge is 2.45. The predicted molar refractivity (Wildman–Crippen MR) is 284 cm³/mol. The number of phenolic OH excluding ortho intramolecular Hbond substituents is 1. The Balaban J connectivity index is 0.642. The van der Waals surface area contributed by atoms with Crippen LogP contribution in [0, 0.1) is 18.8 Å². The monoisotopic (exact) mass is 1020 g/mol. The molecular weight excluding hydrogens is 957 g/mol. The maximum atomic E-state index is 14.4. The van der Waals surface area contributed by atoms with Crippen LogP contribution in [0.25, 0.3) is 21.7 Å². The molecule has 6 aromatic rings. The summed E-state index contributed by atoms with van der Waals surface area (Å²) in [6.45, 7) is 13.9. The molecule has 0 radical (unpaired) electrons. The van der Waals surface area contributed by atoms with E-state index in [0.29, 0.717) is 52.5 Å². The van der Waals surface area contributed by atoms with Gasteiger partial charge in [0.2, 0.25) is 17.7 Å². The molecule has 4 saturated heterocycles. The van der Waals surface area contributed by atoms with E-state index in [2.05, 4.69) is 62.4 Å². The fraction of sp³-hybridized carbons (Fsp3) is 0.473. The lowest BCUT2D eigenvalue weighted by Crippen LogP contribution is -2.54. The third-order valence-corrected chi connectivity index (χ3v) is 16.9. The number of pyridine rings is 1. The summed E-state index contributed by atoms with van der Waals surface area (Å²) in [5.74, 6) is 1.58. The Morgan fingerprint density at radius 3 is 2.38 bits per heavy atom. The number of carbonyl (C=O) groups excluding carboxylic acids is 2. The first-order valence-electron chi connectivity index (χ1n) is 26.1. The van der Waals surface area contributed by atoms with Gasteiger partial charge < -0.3 is 50.1 Å². The molecule has 6 atom stereocenters. The molecule has 4 aromatic heterocycles. The Kier molecular flexibility index (Phi) is 13.9. The minimum atomic E-state index is -0.809. The fourth-order valence-electron chi connectivity index (χ4n) is 11.9. The van der Waals surface area contributed by atoms with Crippen molar-refractivity contribution in [3.05, 3.63) is 102 Å². The van der Waals surface area contributed by atoms with Crippen LogP contribution in [0.1, 0.15) is 81.9 Å². The lowest BCUT2D eigenvalue weighted by atomic mass is 9.82. The molecule has 4 aliphatic heterocycles. The highest BCUT2D eigenvalue weighted by molar-refractivity contribution is 7.13. The van der Waals surface area contributed by atoms with Crippen LogP contribution in [0.5, 0.6) is 11.6 Å². The first kappa shape index (κ1) is 49.4. The van der Waals surface area contributed by atoms with Gasteiger partial charge >= 0.3 is 0 Å². The zero-order valence-electron chi connectivity index (χ0n) is 42.5. The van der Waals surface area contributed by atoms with Gasteiger partial charge in [-0.25, -0.2) is 9.97 Å². The number of hydrogen-bond acceptors (Lipinski definition) is 17. The fourth-order valence-corrected chi connectivity index (χ4v) is 12.7. The van der Waals surface area contributed by atoms with Crippen LogP contribution in [0.3, 0.4) is 0 Å². The predicted octanol–water partition coefficient (Wildman–Crippen LogP) is 6.66. The van der Waals surface area contributed by atoms with Crippen molar-refractivity contribution in [2.75, 3.05) is 72.8 Å². The van der Waals surface area contributed by atoms with Crippen LogP contribution in [0.2, 0.25) is 0 Å². The summed E-state index contributed by atoms with van der Waals surface area (Å²) in [5, 5.41) is 37.4. The first-order chi connectivity index (χ1) is 35.8. The van der Waals surface area contributed by atoms with Crippen LogP contribution in [-0.4, -0.2) is 140 Å². The van der Waals surface area contributed by atoms with Crippen LogP contribution >= 0.6 is 11.3 Å². The molecule has 2 bridgehead atoms. The van der Waals surface area contributed by atoms with Crippen molar-refractivity contribution in [3.8, 4) is 33.3 Å². The molecule has 18 nitrogen and oxygen atoms in total. The molecule has 5 fully saturated rings. The Labute approximate surface area is 435 Å². The number of piperazine rings is 2. The lowest BCUT2D eigenvalue weighted by molar-refractivity contribution is -0.141. The topological polar surface area (TPSA) is 216 Å². The number of hydrogen-bond donors (Lipinski definition) is 4. The van der Waals surface area contributed by atoms with Gasteiger partial charge in [0.25, 0.3) is 0 Å². The van der Waals surface area contributed by atoms with Crippen molar-refractivity contribution >= 4 is 46.2 Å². The zero-order valence-corrected chi connectivity index (χ0v) is 43.3. The van der Waals surface area contributed by atoms with E-state index in [4.69, 9.17) is 15.0 Å². The number of para-hydroxylation sites is 1. The second-order valence-corrected chi connectivity index (χ2v) is 22.1. The number of aryl methyl sites for hydroxylation is 1. The second-order valence-electron chi connectivity index (χ2n) is 21.3. The minimum Gasteiger partial charge on any atom is -0.507 e. The summed E-state index contributed by atoms with van der Waals surface area (Å²) in [6.07, 6.45) is 5.45. The first-order valence-corrected chi connectivity index (χ1v) is 27.0. The van der Waals surface area contributed by atoms with E-state index >= 15 is 0 Å². The summed E-state index contributed by atoms with van der Waals surface area (Å²) in [5.41, 5.74) is 14.4. The van der Waals surface area contributed by atoms with E-state index in [1.165, 1.54) is 4.90 Å². The number of aliphatic hydroxyl groups excluding tert-OH is 1. The van der Waals surface area contributed by atoms with Gasteiger partial charge in [-0.1, -0.05) is 55.4 Å². The molecule has 74 heavy (non-hydrogen) atoms. The summed E-state index contributed by atoms with van der Waals surface area (Å²) in [6, 6.07) is 22.7. The molecule has 8 heterocycles. The van der Waals surface area contributed by atoms with E-state index in [1.54, 1.807) is 23.5 Å². The Morgan fingerprint density at radius 1 is 0.905 bits per heavy atom. The van der Waals surface area contributed by atoms with Gasteiger partial charge in [-0.05, 0) is 86.8 Å². The number of nitrogen functional groups attached to an aromatic ring is 1. The van der Waals surface area contributed by atoms with Gasteiger partial charge in [-0.3, -0.25) is 14.5 Å². The lowest BCUT2D eigenvalue weighted by Gasteiger charge is -2.43. The summed E-state index contributed by atoms with van der Waals surface area (Å²) in [7, 11) is 0. The van der Waals surface area contributed by atoms with Gasteiger partial charge in [0.1, 0.15) is 23.8 Å². The number of amides is 2. The number of benzene rings is 2. The third kappa shape index (κ3) is 10.1. The minimum absolute atomic E-state index is 0.0764. The maximum absolute atomic E-state index is 14.4. The van der Waals surface area contributed by atoms with Crippen molar-refractivity contribution in [2.45, 2.75) is 102 Å². The summed E-state index contributed by atoms with van der Waals surface area (Å²) >= 11 is 1.60. The molecular formula is C55H66N12O6S. The van der Waals surface area contributed by atoms with Crippen molar-refractivity contribution in [1.29, 1.82) is 0 Å². The summed E-state index contributed by atoms with van der Waals surface area (Å²) < 4.78 is 12.4. The van der Waals surface area contributed by atoms with Crippen LogP contribution in [0.4, 0.5) is 23.0 Å². The number of nitrogens with one attached hydrogen (secondary N) is 1. The van der Waals surface area contributed by atoms with Gasteiger partial charge in [0, 0.05) is 100 Å². The molecule has 5 N–H and O–H groups in total. The van der Waals surface area contributed by atoms with E-state index < -0.39 is 18.1 Å². The molecule has 5 aliphatic rings. The van der Waals surface area contributed by atoms with Crippen molar-refractivity contribution in [1.82, 2.24) is 40.4 Å². The highest BCUT2D eigenvalue weighted by atomic mass is 32.1. The molecule has 1 unspecified atom stereocenters. The number of β-amino-alcohol motifs (C(OH)–C–C–N with tert-alkyl or cyclic N) is 1. The second kappa shape index (κ2) is 20.8. The van der Waals surface area contributed by atoms with Crippen molar-refractivity contribution in [3.63, 3.8) is 0 Å². The number of carbonyl (C=O) groups is 2. The van der Waals surface area contributed by atoms with E-state index in [1.807, 2.05) is 87.9 Å². The van der Waals surface area contributed by atoms with E-state index in [9.17, 15) is 19.8 Å². The van der Waals surface area contributed by atoms with E-state index in [-0.39, 0.29) is 48.6 Å². The standard InChI is InChI=1S/C55H66N12O6S/c1-32(2)51(55(71)66-30-41(68)24-46(66)54(70)59-33(3)36-9-11-37(12-10-36)52-34(4)58-31-74-52)48-26-49(62-73-48)64-19-17-63(18-20-64)27-35-21-42(22-35)72-50-23-38(15-16-57-50)67-39-13-14-40(67)29-65(28-39)45-25-44(60-61-53(45)56)43-7-5-6-8-47(43)69/h5-12,15-16,23,25-26,31-33,35,39-42,46,51,68-69H,13-14,17-22,24,27-30H2,1-4H3,(H2,56,61)(H,59,70)/t33-,35?,39+,40?,41+,42?,46-,51-/m0/s1. The number of nitrogens with two attached hydrogens (primary N) is 1. The Bertz CT molecular complexity index is 2940. The molecule has 19 heteroatoms. The normalized spacial score (nSPS) is 23.8. The average Bonchev–Trinajstić information content (AvgIpc) is 4.20. The van der Waals surface area contributed by atoms with E-state index in [0.717, 1.165) is 105 Å². The number of fused-ring (bicyclic) bond motifs is 2. The molecule has 388 valence electrons. The summed E-state index contributed by atoms with van der Waals surface area (Å²) in [4.78, 5) is 49.4. The number of aromatic nitrogens is 5. The van der Waals surface area contributed by atoms with Crippen LogP contribution < -0.4 is 30.5 Å². The van der Waals surface area contributed by atoms with Gasteiger partial charge in [-0.15, -0.1) is 21.5 Å². The van der Waals surface area contributed by atoms with Crippen molar-refractivity contribution in [2.24, 2.45) is 11.8 Å². The number of likely N-dealkylation sites (tertiary alicyclic amines) is 1. The molecule has 11 rings (SSSR count). The largest absolute Gasteiger partial charge is 0.507 e. The third-order valence-electron chi connectivity index (χ3n) is 15.9. The number of anilines is 4. The molecule has 1 aliphatic carbocycles. The van der Waals surface area contributed by atoms with Gasteiger partial charge in [-0.2, -0.15) is 0 Å². The number of aliphatic hydroxyl groups is 1. The van der Waals surface area contributed by atoms with Crippen molar-refractivity contribution < 1.29 is 29.1 Å². The Hall–Kier alpha value is -6.83. The molecule has 1 saturated carbocycles. The number of aromatic hydroxyl groups is 1. The zero-order chi connectivity index (χ0) is 51.2. The number of phenols is 1. The quantitative estimate of drug-likeness (QED) is 0.0846. The van der Waals surface area contributed by atoms with Gasteiger partial charge in [0.05, 0.1) is 39.6 Å². The van der Waals surface area contributed by atoms with Crippen LogP contribution in [0.15, 0.2) is 89.0 Å². The highest BCUT2D eigenvalue weighted by Crippen LogP contribution is 2.41. The average molecular weight is 1020 g/mol. The molecule has 2 aromatic carbocycles. The SMILES string of the molecule is Cc1ncsc1-c1ccc([C@H](C)NC(=O)[C@@H]2C[C@@H](O)CN2C(=O)[C@H](c2cc(N3CCN(CC4CC(Oc5cc(N6C7CC[C@@H]6CN(c6cc(-c8ccccc8O)nnc6N)C7)ccn5)C4)CC3)no2)C(C)C)cc1. The number of rotatable bonds is 15. The number of ether oxygens (including phenoxy) is 1. The van der Waals surface area contributed by atoms with Crippen LogP contribution in [-0.2, 0) is 9.59 Å². The number of nitrogens with zero attached hydrogens (tertiary/aromatic N) is 10. The molecule has 0 spiro atoms.